The first-order valence-electron chi connectivity index (χ1n) is 5.16. The van der Waals surface area contributed by atoms with Crippen LogP contribution in [-0.4, -0.2) is 38.5 Å². The molecule has 0 aliphatic carbocycles. The van der Waals surface area contributed by atoms with Gasteiger partial charge in [-0.1, -0.05) is 6.07 Å². The zero-order valence-electron chi connectivity index (χ0n) is 9.93. The van der Waals surface area contributed by atoms with Gasteiger partial charge in [-0.2, -0.15) is 0 Å². The molecule has 94 valence electrons. The lowest BCUT2D eigenvalue weighted by Crippen LogP contribution is -2.04. The molecule has 0 aromatic heterocycles. The molecule has 0 aliphatic rings. The van der Waals surface area contributed by atoms with E-state index < -0.39 is 5.97 Å². The molecule has 5 nitrogen and oxygen atoms in total. The lowest BCUT2D eigenvalue weighted by Gasteiger charge is -2.08. The Balaban J connectivity index is 2.66. The van der Waals surface area contributed by atoms with E-state index in [0.717, 1.165) is 5.56 Å². The lowest BCUT2D eigenvalue weighted by molar-refractivity contribution is 0.0615. The minimum Gasteiger partial charge on any atom is -0.496 e. The van der Waals surface area contributed by atoms with Crippen molar-refractivity contribution in [3.05, 3.63) is 29.3 Å². The molecule has 0 unspecified atom stereocenters. The summed E-state index contributed by atoms with van der Waals surface area (Å²) in [5.41, 5.74) is 1.01. The third kappa shape index (κ3) is 4.05. The van der Waals surface area contributed by atoms with Crippen molar-refractivity contribution in [1.29, 1.82) is 0 Å². The molecule has 1 N–H and O–H groups in total. The summed E-state index contributed by atoms with van der Waals surface area (Å²) in [6.45, 7) is 1.43. The molecule has 5 heteroatoms. The molecule has 1 aromatic rings. The average molecular weight is 240 g/mol. The molecule has 0 amide bonds. The normalized spacial score (nSPS) is 10.2. The number of benzene rings is 1. The molecule has 0 fully saturated rings. The maximum absolute atomic E-state index is 10.9. The highest BCUT2D eigenvalue weighted by atomic mass is 16.5. The van der Waals surface area contributed by atoms with Gasteiger partial charge in [-0.15, -0.1) is 0 Å². The van der Waals surface area contributed by atoms with E-state index in [1.54, 1.807) is 19.2 Å². The van der Waals surface area contributed by atoms with Gasteiger partial charge in [0.15, 0.2) is 0 Å². The Bertz CT molecular complexity index is 375. The largest absolute Gasteiger partial charge is 0.496 e. The van der Waals surface area contributed by atoms with Crippen LogP contribution < -0.4 is 4.74 Å². The quantitative estimate of drug-likeness (QED) is 0.732. The summed E-state index contributed by atoms with van der Waals surface area (Å²) >= 11 is 0. The molecule has 1 rings (SSSR count). The van der Waals surface area contributed by atoms with Crippen LogP contribution in [0.5, 0.6) is 5.75 Å². The smallest absolute Gasteiger partial charge is 0.339 e. The van der Waals surface area contributed by atoms with Crippen LogP contribution in [0.1, 0.15) is 15.9 Å². The van der Waals surface area contributed by atoms with Gasteiger partial charge < -0.3 is 19.3 Å². The molecule has 0 radical (unpaired) electrons. The van der Waals surface area contributed by atoms with E-state index in [1.807, 2.05) is 0 Å². The lowest BCUT2D eigenvalue weighted by atomic mass is 10.1. The average Bonchev–Trinajstić information content (AvgIpc) is 2.34. The van der Waals surface area contributed by atoms with Crippen molar-refractivity contribution in [3.63, 3.8) is 0 Å². The van der Waals surface area contributed by atoms with Crippen molar-refractivity contribution in [2.45, 2.75) is 6.61 Å². The van der Waals surface area contributed by atoms with E-state index in [1.165, 1.54) is 13.2 Å². The van der Waals surface area contributed by atoms with Gasteiger partial charge in [-0.05, 0) is 17.7 Å². The van der Waals surface area contributed by atoms with E-state index in [0.29, 0.717) is 25.6 Å². The number of carboxylic acids is 1. The minimum atomic E-state index is -1.01. The predicted molar refractivity (Wildman–Crippen MR) is 61.5 cm³/mol. The first-order valence-corrected chi connectivity index (χ1v) is 5.16. The monoisotopic (exact) mass is 240 g/mol. The summed E-state index contributed by atoms with van der Waals surface area (Å²) in [6.07, 6.45) is 0. The fourth-order valence-electron chi connectivity index (χ4n) is 1.33. The summed E-state index contributed by atoms with van der Waals surface area (Å²) in [5, 5.41) is 8.91. The number of aromatic carboxylic acids is 1. The third-order valence-electron chi connectivity index (χ3n) is 2.20. The number of hydrogen-bond acceptors (Lipinski definition) is 4. The fraction of sp³-hybridized carbons (Fsp3) is 0.417. The van der Waals surface area contributed by atoms with Crippen LogP contribution in [0, 0.1) is 0 Å². The van der Waals surface area contributed by atoms with E-state index in [4.69, 9.17) is 19.3 Å². The minimum absolute atomic E-state index is 0.146. The highest BCUT2D eigenvalue weighted by Crippen LogP contribution is 2.20. The Morgan fingerprint density at radius 2 is 2.06 bits per heavy atom. The highest BCUT2D eigenvalue weighted by molar-refractivity contribution is 5.90. The van der Waals surface area contributed by atoms with Gasteiger partial charge in [0.05, 0.1) is 26.9 Å². The Kier molecular flexibility index (Phi) is 5.45. The van der Waals surface area contributed by atoms with Gasteiger partial charge in [-0.3, -0.25) is 0 Å². The van der Waals surface area contributed by atoms with Crippen molar-refractivity contribution < 1.29 is 24.1 Å². The Hall–Kier alpha value is -1.59. The Morgan fingerprint density at radius 1 is 1.29 bits per heavy atom. The van der Waals surface area contributed by atoms with Gasteiger partial charge in [0.25, 0.3) is 0 Å². The SMILES string of the molecule is COCCOCc1ccc(C(=O)O)c(OC)c1. The Labute approximate surface area is 99.9 Å². The fourth-order valence-corrected chi connectivity index (χ4v) is 1.33. The molecule has 0 atom stereocenters. The Morgan fingerprint density at radius 3 is 2.65 bits per heavy atom. The first-order chi connectivity index (χ1) is 8.19. The van der Waals surface area contributed by atoms with Crippen LogP contribution in [0.15, 0.2) is 18.2 Å². The molecule has 0 spiro atoms. The summed E-state index contributed by atoms with van der Waals surface area (Å²) in [4.78, 5) is 10.9. The van der Waals surface area contributed by atoms with Crippen LogP contribution in [0.4, 0.5) is 0 Å². The highest BCUT2D eigenvalue weighted by Gasteiger charge is 2.10. The van der Waals surface area contributed by atoms with Crippen molar-refractivity contribution >= 4 is 5.97 Å². The van der Waals surface area contributed by atoms with E-state index in [9.17, 15) is 4.79 Å². The van der Waals surface area contributed by atoms with E-state index >= 15 is 0 Å². The number of carboxylic acid groups (broad SMARTS) is 1. The van der Waals surface area contributed by atoms with Crippen molar-refractivity contribution in [2.75, 3.05) is 27.4 Å². The molecular formula is C12H16O5. The zero-order valence-corrected chi connectivity index (χ0v) is 9.93. The van der Waals surface area contributed by atoms with Crippen LogP contribution in [0.2, 0.25) is 0 Å². The predicted octanol–water partition coefficient (Wildman–Crippen LogP) is 1.56. The second kappa shape index (κ2) is 6.88. The first kappa shape index (κ1) is 13.5. The molecule has 1 aromatic carbocycles. The molecule has 0 saturated heterocycles. The van der Waals surface area contributed by atoms with Crippen molar-refractivity contribution in [3.8, 4) is 5.75 Å². The number of ether oxygens (including phenoxy) is 3. The van der Waals surface area contributed by atoms with Crippen LogP contribution in [0.3, 0.4) is 0 Å². The van der Waals surface area contributed by atoms with Gasteiger partial charge >= 0.3 is 5.97 Å². The van der Waals surface area contributed by atoms with Gasteiger partial charge in [0.2, 0.25) is 0 Å². The standard InChI is InChI=1S/C12H16O5/c1-15-5-6-17-8-9-3-4-10(12(13)14)11(7-9)16-2/h3-4,7H,5-6,8H2,1-2H3,(H,13,14). The van der Waals surface area contributed by atoms with Gasteiger partial charge in [0.1, 0.15) is 11.3 Å². The zero-order chi connectivity index (χ0) is 12.7. The van der Waals surface area contributed by atoms with Crippen molar-refractivity contribution in [2.24, 2.45) is 0 Å². The van der Waals surface area contributed by atoms with Gasteiger partial charge in [0, 0.05) is 7.11 Å². The van der Waals surface area contributed by atoms with E-state index in [-0.39, 0.29) is 5.56 Å². The second-order valence-corrected chi connectivity index (χ2v) is 3.39. The molecule has 0 aliphatic heterocycles. The maximum Gasteiger partial charge on any atom is 0.339 e. The molecule has 17 heavy (non-hydrogen) atoms. The summed E-state index contributed by atoms with van der Waals surface area (Å²) in [6, 6.07) is 4.88. The van der Waals surface area contributed by atoms with Crippen LogP contribution >= 0.6 is 0 Å². The topological polar surface area (TPSA) is 65.0 Å². The van der Waals surface area contributed by atoms with Gasteiger partial charge in [-0.25, -0.2) is 4.79 Å². The number of rotatable bonds is 7. The van der Waals surface area contributed by atoms with Crippen LogP contribution in [-0.2, 0) is 16.1 Å². The third-order valence-corrected chi connectivity index (χ3v) is 2.20. The number of carbonyl (C=O) groups is 1. The number of methoxy groups -OCH3 is 2. The molecular weight excluding hydrogens is 224 g/mol. The summed E-state index contributed by atoms with van der Waals surface area (Å²) in [5.74, 6) is -0.668. The molecule has 0 heterocycles. The summed E-state index contributed by atoms with van der Waals surface area (Å²) in [7, 11) is 3.05. The van der Waals surface area contributed by atoms with Crippen LogP contribution in [0.25, 0.3) is 0 Å². The summed E-state index contributed by atoms with van der Waals surface area (Å²) < 4.78 is 15.2. The van der Waals surface area contributed by atoms with Crippen molar-refractivity contribution in [1.82, 2.24) is 0 Å². The van der Waals surface area contributed by atoms with E-state index in [2.05, 4.69) is 0 Å². The number of hydrogen-bond donors (Lipinski definition) is 1. The maximum atomic E-state index is 10.9. The molecule has 0 bridgehead atoms. The second-order valence-electron chi connectivity index (χ2n) is 3.39. The molecule has 0 saturated carbocycles.